The molecular formula is C23H24N6O2S. The number of rotatable bonds is 8. The van der Waals surface area contributed by atoms with Crippen molar-refractivity contribution >= 4 is 39.9 Å². The van der Waals surface area contributed by atoms with Gasteiger partial charge in [0.2, 0.25) is 5.91 Å². The van der Waals surface area contributed by atoms with Crippen LogP contribution in [0, 0.1) is 0 Å². The molecule has 0 spiro atoms. The number of amides is 2. The first kappa shape index (κ1) is 21.6. The minimum atomic E-state index is -0.215. The van der Waals surface area contributed by atoms with Gasteiger partial charge >= 0.3 is 0 Å². The third-order valence-electron chi connectivity index (χ3n) is 5.02. The summed E-state index contributed by atoms with van der Waals surface area (Å²) in [5, 5.41) is 7.74. The van der Waals surface area contributed by atoms with E-state index < -0.39 is 0 Å². The minimum Gasteiger partial charge on any atom is -0.352 e. The lowest BCUT2D eigenvalue weighted by molar-refractivity contribution is -0.114. The summed E-state index contributed by atoms with van der Waals surface area (Å²) < 4.78 is 2.05. The first-order valence-electron chi connectivity index (χ1n) is 10.4. The zero-order chi connectivity index (χ0) is 22.5. The zero-order valence-corrected chi connectivity index (χ0v) is 18.8. The quantitative estimate of drug-likeness (QED) is 0.430. The van der Waals surface area contributed by atoms with E-state index in [1.165, 1.54) is 18.3 Å². The molecule has 0 unspecified atom stereocenters. The van der Waals surface area contributed by atoms with E-state index in [0.717, 1.165) is 22.6 Å². The Morgan fingerprint density at radius 1 is 1.25 bits per heavy atom. The molecule has 2 amide bonds. The number of thiazole rings is 1. The Bertz CT molecular complexity index is 1230. The molecule has 2 N–H and O–H groups in total. The summed E-state index contributed by atoms with van der Waals surface area (Å²) >= 11 is 1.53. The summed E-state index contributed by atoms with van der Waals surface area (Å²) in [6.45, 7) is 4.48. The number of fused-ring (bicyclic) bond motifs is 1. The van der Waals surface area contributed by atoms with Crippen LogP contribution < -0.4 is 10.6 Å². The molecule has 0 saturated heterocycles. The zero-order valence-electron chi connectivity index (χ0n) is 18.0. The lowest BCUT2D eigenvalue weighted by atomic mass is 10.1. The Kier molecular flexibility index (Phi) is 6.55. The van der Waals surface area contributed by atoms with Crippen molar-refractivity contribution in [2.45, 2.75) is 33.2 Å². The first-order chi connectivity index (χ1) is 15.5. The van der Waals surface area contributed by atoms with Gasteiger partial charge in [-0.15, -0.1) is 11.3 Å². The number of nitrogens with one attached hydrogen (secondary N) is 2. The van der Waals surface area contributed by atoms with E-state index in [4.69, 9.17) is 4.98 Å². The fraction of sp³-hybridized carbons (Fsp3) is 0.261. The summed E-state index contributed by atoms with van der Waals surface area (Å²) in [4.78, 5) is 38.1. The average molecular weight is 449 g/mol. The van der Waals surface area contributed by atoms with Crippen LogP contribution in [-0.2, 0) is 24.2 Å². The topological polar surface area (TPSA) is 102 Å². The van der Waals surface area contributed by atoms with Crippen molar-refractivity contribution < 1.29 is 9.59 Å². The monoisotopic (exact) mass is 448 g/mol. The van der Waals surface area contributed by atoms with Crippen LogP contribution in [0.1, 0.15) is 41.3 Å². The number of carbonyl (C=O) groups excluding carboxylic acids is 2. The van der Waals surface area contributed by atoms with Crippen molar-refractivity contribution in [2.24, 2.45) is 0 Å². The Labute approximate surface area is 189 Å². The highest BCUT2D eigenvalue weighted by Crippen LogP contribution is 2.27. The predicted octanol–water partition coefficient (Wildman–Crippen LogP) is 3.43. The number of benzene rings is 1. The van der Waals surface area contributed by atoms with Crippen LogP contribution in [0.2, 0.25) is 0 Å². The molecule has 9 heteroatoms. The molecule has 0 saturated carbocycles. The van der Waals surface area contributed by atoms with Gasteiger partial charge in [0.05, 0.1) is 34.3 Å². The molecule has 8 nitrogen and oxygen atoms in total. The van der Waals surface area contributed by atoms with Crippen molar-refractivity contribution in [1.82, 2.24) is 24.8 Å². The van der Waals surface area contributed by atoms with Crippen LogP contribution in [0.15, 0.2) is 47.5 Å². The van der Waals surface area contributed by atoms with Crippen molar-refractivity contribution in [3.05, 3.63) is 70.2 Å². The molecule has 0 bridgehead atoms. The molecule has 164 valence electrons. The standard InChI is InChI=1S/C23H24N6O2S/c1-3-21-28-20-10-18(27-15(2)30)9-19(23(31)25-8-6-17-13-32-14-26-17)22(20)29(21)12-16-5-4-7-24-11-16/h4-5,7,9-11,13-14H,3,6,8,12H2,1-2H3,(H,25,31)(H,27,30). The van der Waals surface area contributed by atoms with Gasteiger partial charge in [0.1, 0.15) is 5.82 Å². The van der Waals surface area contributed by atoms with Crippen molar-refractivity contribution in [3.8, 4) is 0 Å². The van der Waals surface area contributed by atoms with Crippen molar-refractivity contribution in [2.75, 3.05) is 11.9 Å². The Morgan fingerprint density at radius 2 is 2.12 bits per heavy atom. The molecule has 3 aromatic heterocycles. The van der Waals surface area contributed by atoms with E-state index in [9.17, 15) is 9.59 Å². The molecule has 3 heterocycles. The molecule has 1 aromatic carbocycles. The maximum Gasteiger partial charge on any atom is 0.253 e. The van der Waals surface area contributed by atoms with Gasteiger partial charge in [-0.1, -0.05) is 13.0 Å². The van der Waals surface area contributed by atoms with Gasteiger partial charge in [-0.3, -0.25) is 14.6 Å². The van der Waals surface area contributed by atoms with E-state index in [0.29, 0.717) is 42.7 Å². The second-order valence-corrected chi connectivity index (χ2v) is 8.11. The number of hydrogen-bond acceptors (Lipinski definition) is 6. The number of aryl methyl sites for hydroxylation is 1. The van der Waals surface area contributed by atoms with Gasteiger partial charge in [0, 0.05) is 49.8 Å². The van der Waals surface area contributed by atoms with Crippen LogP contribution >= 0.6 is 11.3 Å². The highest BCUT2D eigenvalue weighted by molar-refractivity contribution is 7.07. The van der Waals surface area contributed by atoms with E-state index >= 15 is 0 Å². The maximum absolute atomic E-state index is 13.2. The largest absolute Gasteiger partial charge is 0.352 e. The molecule has 4 aromatic rings. The number of anilines is 1. The van der Waals surface area contributed by atoms with Crippen molar-refractivity contribution in [3.63, 3.8) is 0 Å². The van der Waals surface area contributed by atoms with Crippen LogP contribution in [0.4, 0.5) is 5.69 Å². The average Bonchev–Trinajstić information content (AvgIpc) is 3.41. The molecule has 0 aliphatic heterocycles. The number of hydrogen-bond donors (Lipinski definition) is 2. The van der Waals surface area contributed by atoms with Gasteiger partial charge < -0.3 is 15.2 Å². The fourth-order valence-corrected chi connectivity index (χ4v) is 4.23. The van der Waals surface area contributed by atoms with Gasteiger partial charge in [-0.05, 0) is 23.8 Å². The molecular weight excluding hydrogens is 424 g/mol. The third kappa shape index (κ3) is 4.83. The molecule has 0 aliphatic rings. The molecule has 4 rings (SSSR count). The lowest BCUT2D eigenvalue weighted by Crippen LogP contribution is -2.26. The first-order valence-corrected chi connectivity index (χ1v) is 11.3. The Hall–Kier alpha value is -3.59. The van der Waals surface area contributed by atoms with Crippen LogP contribution in [0.25, 0.3) is 11.0 Å². The normalized spacial score (nSPS) is 10.9. The van der Waals surface area contributed by atoms with Crippen LogP contribution in [0.5, 0.6) is 0 Å². The second-order valence-electron chi connectivity index (χ2n) is 7.39. The summed E-state index contributed by atoms with van der Waals surface area (Å²) in [7, 11) is 0. The summed E-state index contributed by atoms with van der Waals surface area (Å²) in [5.41, 5.74) is 6.17. The van der Waals surface area contributed by atoms with Gasteiger partial charge in [-0.2, -0.15) is 0 Å². The SMILES string of the molecule is CCc1nc2cc(NC(C)=O)cc(C(=O)NCCc3cscn3)c2n1Cc1cccnc1. The molecule has 0 radical (unpaired) electrons. The van der Waals surface area contributed by atoms with Gasteiger partial charge in [-0.25, -0.2) is 9.97 Å². The van der Waals surface area contributed by atoms with E-state index in [1.54, 1.807) is 17.8 Å². The third-order valence-corrected chi connectivity index (χ3v) is 5.65. The number of carbonyl (C=O) groups is 2. The predicted molar refractivity (Wildman–Crippen MR) is 125 cm³/mol. The number of aromatic nitrogens is 4. The highest BCUT2D eigenvalue weighted by Gasteiger charge is 2.20. The summed E-state index contributed by atoms with van der Waals surface area (Å²) in [6, 6.07) is 7.41. The number of imidazole rings is 1. The number of pyridine rings is 1. The van der Waals surface area contributed by atoms with Gasteiger partial charge in [0.15, 0.2) is 0 Å². The highest BCUT2D eigenvalue weighted by atomic mass is 32.1. The molecule has 32 heavy (non-hydrogen) atoms. The van der Waals surface area contributed by atoms with E-state index in [-0.39, 0.29) is 11.8 Å². The Morgan fingerprint density at radius 3 is 2.81 bits per heavy atom. The Balaban J connectivity index is 1.73. The molecule has 0 aliphatic carbocycles. The summed E-state index contributed by atoms with van der Waals surface area (Å²) in [6.07, 6.45) is 4.90. The van der Waals surface area contributed by atoms with Gasteiger partial charge in [0.25, 0.3) is 5.91 Å². The molecule has 0 atom stereocenters. The van der Waals surface area contributed by atoms with Crippen molar-refractivity contribution in [1.29, 1.82) is 0 Å². The minimum absolute atomic E-state index is 0.204. The van der Waals surface area contributed by atoms with Crippen LogP contribution in [0.3, 0.4) is 0 Å². The molecule has 0 fully saturated rings. The second kappa shape index (κ2) is 9.69. The smallest absolute Gasteiger partial charge is 0.253 e. The maximum atomic E-state index is 13.2. The van der Waals surface area contributed by atoms with Crippen LogP contribution in [-0.4, -0.2) is 37.9 Å². The fourth-order valence-electron chi connectivity index (χ4n) is 3.64. The van der Waals surface area contributed by atoms with E-state index in [2.05, 4.69) is 25.2 Å². The number of nitrogens with zero attached hydrogens (tertiary/aromatic N) is 4. The van der Waals surface area contributed by atoms with E-state index in [1.807, 2.05) is 36.7 Å². The lowest BCUT2D eigenvalue weighted by Gasteiger charge is -2.13. The summed E-state index contributed by atoms with van der Waals surface area (Å²) in [5.74, 6) is 0.442.